The molecule has 0 amide bonds. The summed E-state index contributed by atoms with van der Waals surface area (Å²) in [5.41, 5.74) is 0.920. The highest BCUT2D eigenvalue weighted by Gasteiger charge is 2.47. The van der Waals surface area contributed by atoms with E-state index >= 15 is 0 Å². The second kappa shape index (κ2) is 7.40. The van der Waals surface area contributed by atoms with Crippen molar-refractivity contribution in [1.29, 1.82) is 0 Å². The minimum Gasteiger partial charge on any atom is -0.468 e. The first kappa shape index (κ1) is 16.9. The summed E-state index contributed by atoms with van der Waals surface area (Å²) in [6.07, 6.45) is 3.45. The Hall–Kier alpha value is -2.26. The van der Waals surface area contributed by atoms with Crippen LogP contribution in [0.2, 0.25) is 0 Å². The molecule has 5 rings (SSSR count). The van der Waals surface area contributed by atoms with Gasteiger partial charge in [0.25, 0.3) is 0 Å². The molecule has 8 heteroatoms. The number of nitrogens with zero attached hydrogens (tertiary/aromatic N) is 2. The Balaban J connectivity index is 1.22. The average molecular weight is 384 g/mol. The van der Waals surface area contributed by atoms with Gasteiger partial charge in [-0.25, -0.2) is 9.97 Å². The third-order valence-electron chi connectivity index (χ3n) is 4.92. The third kappa shape index (κ3) is 3.49. The molecule has 2 aliphatic rings. The van der Waals surface area contributed by atoms with Crippen molar-refractivity contribution in [2.45, 2.75) is 30.8 Å². The molecule has 2 saturated heterocycles. The Bertz CT molecular complexity index is 871. The first-order valence-electron chi connectivity index (χ1n) is 8.99. The van der Waals surface area contributed by atoms with Crippen molar-refractivity contribution in [3.8, 4) is 10.6 Å². The number of aromatic nitrogens is 2. The van der Waals surface area contributed by atoms with Crippen molar-refractivity contribution < 1.29 is 13.9 Å². The van der Waals surface area contributed by atoms with Gasteiger partial charge in [-0.1, -0.05) is 6.07 Å². The Morgan fingerprint density at radius 1 is 1.07 bits per heavy atom. The lowest BCUT2D eigenvalue weighted by Crippen LogP contribution is -2.41. The number of thiophene rings is 1. The van der Waals surface area contributed by atoms with Crippen molar-refractivity contribution in [1.82, 2.24) is 15.3 Å². The van der Waals surface area contributed by atoms with E-state index in [-0.39, 0.29) is 24.3 Å². The molecule has 0 aromatic carbocycles. The van der Waals surface area contributed by atoms with Crippen molar-refractivity contribution in [3.05, 3.63) is 53.9 Å². The molecule has 140 valence electrons. The predicted molar refractivity (Wildman–Crippen MR) is 102 cm³/mol. The number of fused-ring (bicyclic) bond motifs is 1. The topological polar surface area (TPSA) is 81.4 Å². The van der Waals surface area contributed by atoms with Crippen molar-refractivity contribution >= 4 is 17.3 Å². The van der Waals surface area contributed by atoms with Gasteiger partial charge >= 0.3 is 0 Å². The van der Waals surface area contributed by atoms with Crippen LogP contribution >= 0.6 is 11.3 Å². The van der Waals surface area contributed by atoms with Crippen LogP contribution in [-0.4, -0.2) is 47.5 Å². The van der Waals surface area contributed by atoms with E-state index in [1.807, 2.05) is 29.6 Å². The number of hydrogen-bond donors (Lipinski definition) is 2. The molecule has 2 N–H and O–H groups in total. The van der Waals surface area contributed by atoms with Gasteiger partial charge in [0.2, 0.25) is 5.95 Å². The number of ether oxygens (including phenoxy) is 2. The lowest BCUT2D eigenvalue weighted by Gasteiger charge is -2.18. The monoisotopic (exact) mass is 384 g/mol. The van der Waals surface area contributed by atoms with E-state index in [0.717, 1.165) is 16.3 Å². The molecule has 3 aromatic heterocycles. The number of rotatable bonds is 6. The van der Waals surface area contributed by atoms with Gasteiger partial charge in [-0.3, -0.25) is 0 Å². The maximum Gasteiger partial charge on any atom is 0.223 e. The molecule has 0 bridgehead atoms. The van der Waals surface area contributed by atoms with E-state index in [2.05, 4.69) is 26.7 Å². The van der Waals surface area contributed by atoms with Gasteiger partial charge in [-0.15, -0.1) is 11.3 Å². The molecule has 2 fully saturated rings. The van der Waals surface area contributed by atoms with Gasteiger partial charge in [-0.2, -0.15) is 0 Å². The lowest BCUT2D eigenvalue weighted by atomic mass is 10.1. The van der Waals surface area contributed by atoms with Gasteiger partial charge < -0.3 is 24.5 Å². The number of nitrogens with one attached hydrogen (secondary N) is 2. The van der Waals surface area contributed by atoms with Gasteiger partial charge in [0, 0.05) is 6.20 Å². The maximum absolute atomic E-state index is 6.01. The van der Waals surface area contributed by atoms with Crippen LogP contribution in [0.1, 0.15) is 5.76 Å². The average Bonchev–Trinajstić information content (AvgIpc) is 3.47. The zero-order chi connectivity index (χ0) is 18.1. The molecule has 0 radical (unpaired) electrons. The van der Waals surface area contributed by atoms with E-state index in [0.29, 0.717) is 25.7 Å². The maximum atomic E-state index is 6.01. The summed E-state index contributed by atoms with van der Waals surface area (Å²) in [4.78, 5) is 10.1. The molecule has 0 aliphatic carbocycles. The first-order chi connectivity index (χ1) is 13.4. The first-order valence-corrected chi connectivity index (χ1v) is 9.87. The molecule has 0 unspecified atom stereocenters. The third-order valence-corrected chi connectivity index (χ3v) is 5.81. The minimum absolute atomic E-state index is 0.0120. The Morgan fingerprint density at radius 3 is 2.78 bits per heavy atom. The molecule has 3 aromatic rings. The van der Waals surface area contributed by atoms with E-state index < -0.39 is 0 Å². The highest BCUT2D eigenvalue weighted by molar-refractivity contribution is 7.13. The molecule has 2 aliphatic heterocycles. The Morgan fingerprint density at radius 2 is 1.96 bits per heavy atom. The molecular formula is C19H20N4O3S. The fourth-order valence-corrected chi connectivity index (χ4v) is 4.29. The van der Waals surface area contributed by atoms with Crippen molar-refractivity contribution in [2.75, 3.05) is 18.5 Å². The van der Waals surface area contributed by atoms with Crippen LogP contribution in [0.25, 0.3) is 10.6 Å². The number of anilines is 1. The smallest absolute Gasteiger partial charge is 0.223 e. The van der Waals surface area contributed by atoms with Crippen LogP contribution in [0.5, 0.6) is 0 Å². The van der Waals surface area contributed by atoms with E-state index in [4.69, 9.17) is 13.9 Å². The standard InChI is InChI=1S/C19H20N4O3S/c1-3-12(24-7-1)9-21-14-10-25-18-15(11-26-17(14)18)23-19-20-6-5-13(22-19)16-4-2-8-27-16/h1-8,14-15,17-18,21H,9-11H2,(H,20,22,23)/t14-,15-,17+,18+/m0/s1. The van der Waals surface area contributed by atoms with Gasteiger partial charge in [0.1, 0.15) is 18.0 Å². The molecule has 27 heavy (non-hydrogen) atoms. The number of furan rings is 1. The minimum atomic E-state index is -0.0203. The Labute approximate surface area is 160 Å². The highest BCUT2D eigenvalue weighted by atomic mass is 32.1. The largest absolute Gasteiger partial charge is 0.468 e. The van der Waals surface area contributed by atoms with E-state index in [9.17, 15) is 0 Å². The second-order valence-corrected chi connectivity index (χ2v) is 7.60. The Kier molecular flexibility index (Phi) is 4.62. The quantitative estimate of drug-likeness (QED) is 0.676. The molecule has 7 nitrogen and oxygen atoms in total. The van der Waals surface area contributed by atoms with Crippen LogP contribution in [0.15, 0.2) is 52.6 Å². The summed E-state index contributed by atoms with van der Waals surface area (Å²) in [5.74, 6) is 1.51. The van der Waals surface area contributed by atoms with Crippen LogP contribution in [0.4, 0.5) is 5.95 Å². The summed E-state index contributed by atoms with van der Waals surface area (Å²) in [6.45, 7) is 1.85. The summed E-state index contributed by atoms with van der Waals surface area (Å²) < 4.78 is 17.4. The summed E-state index contributed by atoms with van der Waals surface area (Å²) in [6, 6.07) is 10.0. The van der Waals surface area contributed by atoms with Gasteiger partial charge in [0.05, 0.1) is 48.7 Å². The van der Waals surface area contributed by atoms with Crippen molar-refractivity contribution in [2.24, 2.45) is 0 Å². The van der Waals surface area contributed by atoms with Crippen molar-refractivity contribution in [3.63, 3.8) is 0 Å². The SMILES string of the molecule is c1coc(CN[C@H]2CO[C@H]3[C@@H]2OC[C@@H]3Nc2nccc(-c3cccs3)n2)c1. The highest BCUT2D eigenvalue weighted by Crippen LogP contribution is 2.29. The molecule has 0 saturated carbocycles. The summed E-state index contributed by atoms with van der Waals surface area (Å²) >= 11 is 1.66. The molecule has 0 spiro atoms. The van der Waals surface area contributed by atoms with E-state index in [1.165, 1.54) is 0 Å². The van der Waals surface area contributed by atoms with Crippen LogP contribution < -0.4 is 10.6 Å². The lowest BCUT2D eigenvalue weighted by molar-refractivity contribution is 0.0673. The zero-order valence-electron chi connectivity index (χ0n) is 14.6. The molecule has 4 atom stereocenters. The van der Waals surface area contributed by atoms with Crippen LogP contribution in [0, 0.1) is 0 Å². The predicted octanol–water partition coefficient (Wildman–Crippen LogP) is 2.53. The van der Waals surface area contributed by atoms with Crippen LogP contribution in [0.3, 0.4) is 0 Å². The molecule has 5 heterocycles. The normalized spacial score (nSPS) is 27.0. The van der Waals surface area contributed by atoms with Gasteiger partial charge in [0.15, 0.2) is 0 Å². The zero-order valence-corrected chi connectivity index (χ0v) is 15.4. The fourth-order valence-electron chi connectivity index (χ4n) is 3.60. The number of hydrogen-bond acceptors (Lipinski definition) is 8. The van der Waals surface area contributed by atoms with Gasteiger partial charge in [-0.05, 0) is 29.6 Å². The van der Waals surface area contributed by atoms with E-state index in [1.54, 1.807) is 23.8 Å². The second-order valence-electron chi connectivity index (χ2n) is 6.66. The van der Waals surface area contributed by atoms with Crippen LogP contribution in [-0.2, 0) is 16.0 Å². The fraction of sp³-hybridized carbons (Fsp3) is 0.368. The summed E-state index contributed by atoms with van der Waals surface area (Å²) in [5, 5.41) is 8.90. The molecular weight excluding hydrogens is 364 g/mol. The summed E-state index contributed by atoms with van der Waals surface area (Å²) in [7, 11) is 0.